The van der Waals surface area contributed by atoms with Gasteiger partial charge in [0.15, 0.2) is 0 Å². The van der Waals surface area contributed by atoms with E-state index >= 15 is 4.79 Å². The van der Waals surface area contributed by atoms with Gasteiger partial charge in [0.05, 0.1) is 26.3 Å². The van der Waals surface area contributed by atoms with Crippen LogP contribution in [0.2, 0.25) is 0 Å². The van der Waals surface area contributed by atoms with E-state index in [9.17, 15) is 15.0 Å². The first-order chi connectivity index (χ1) is 25.2. The van der Waals surface area contributed by atoms with E-state index in [-0.39, 0.29) is 25.0 Å². The number of pyridine rings is 1. The summed E-state index contributed by atoms with van der Waals surface area (Å²) in [4.78, 5) is 36.0. The predicted octanol–water partition coefficient (Wildman–Crippen LogP) is 6.04. The van der Waals surface area contributed by atoms with Crippen LogP contribution in [0.4, 0.5) is 10.6 Å². The molecule has 5 aromatic rings. The molecule has 1 aromatic heterocycles. The fraction of sp³-hybridized carbons (Fsp3) is 0.262. The smallest absolute Gasteiger partial charge is 0.321 e. The highest BCUT2D eigenvalue weighted by Crippen LogP contribution is 2.32. The number of nitrogens with zero attached hydrogens (tertiary/aromatic N) is 3. The number of carbonyl (C=O) groups is 2. The molecule has 0 unspecified atom stereocenters. The maximum atomic E-state index is 15.1. The van der Waals surface area contributed by atoms with E-state index in [0.29, 0.717) is 41.3 Å². The van der Waals surface area contributed by atoms with Crippen LogP contribution in [0.3, 0.4) is 0 Å². The summed E-state index contributed by atoms with van der Waals surface area (Å²) in [5, 5.41) is 27.0. The third kappa shape index (κ3) is 8.59. The van der Waals surface area contributed by atoms with Crippen LogP contribution in [-0.4, -0.2) is 75.4 Å². The standard InChI is InChI=1S/C42H44N4O6/c1-28-17-18-38(43-25-28)44-41(49)33-16-10-15-31(19-33)26-45-36(22-29-11-6-4-7-12-29)39(47)40(48)37(23-30-13-8-5-9-14-30)46(42(45)50)27-32-20-34(51-2)24-35(21-32)52-3/h4-21,24-25,36-37,39-40,47-48H,22-23,26-27H2,1-3H3,(H,43,44,49)/t36-,37-,39+,40+/m1/s1. The summed E-state index contributed by atoms with van der Waals surface area (Å²) in [6.45, 7) is 2.10. The first kappa shape index (κ1) is 36.1. The van der Waals surface area contributed by atoms with Crippen molar-refractivity contribution < 1.29 is 29.3 Å². The van der Waals surface area contributed by atoms with Crippen molar-refractivity contribution in [1.82, 2.24) is 14.8 Å². The second-order valence-corrected chi connectivity index (χ2v) is 13.1. The Bertz CT molecular complexity index is 1940. The zero-order valence-corrected chi connectivity index (χ0v) is 29.6. The topological polar surface area (TPSA) is 124 Å². The molecule has 3 N–H and O–H groups in total. The highest BCUT2D eigenvalue weighted by Gasteiger charge is 2.46. The average Bonchev–Trinajstić information content (AvgIpc) is 3.23. The third-order valence-electron chi connectivity index (χ3n) is 9.46. The first-order valence-corrected chi connectivity index (χ1v) is 17.3. The lowest BCUT2D eigenvalue weighted by Gasteiger charge is -2.36. The van der Waals surface area contributed by atoms with E-state index in [1.807, 2.05) is 91.9 Å². The summed E-state index contributed by atoms with van der Waals surface area (Å²) in [7, 11) is 3.13. The second kappa shape index (κ2) is 16.5. The van der Waals surface area contributed by atoms with Crippen molar-refractivity contribution in [1.29, 1.82) is 0 Å². The van der Waals surface area contributed by atoms with Gasteiger partial charge >= 0.3 is 6.03 Å². The molecule has 0 bridgehead atoms. The van der Waals surface area contributed by atoms with Gasteiger partial charge in [-0.15, -0.1) is 0 Å². The molecule has 10 heteroatoms. The van der Waals surface area contributed by atoms with Gasteiger partial charge in [-0.1, -0.05) is 78.9 Å². The molecule has 1 fully saturated rings. The minimum Gasteiger partial charge on any atom is -0.497 e. The number of ether oxygens (including phenoxy) is 2. The number of methoxy groups -OCH3 is 2. The minimum atomic E-state index is -1.30. The molecule has 268 valence electrons. The number of aromatic nitrogens is 1. The van der Waals surface area contributed by atoms with Gasteiger partial charge in [-0.3, -0.25) is 4.79 Å². The van der Waals surface area contributed by atoms with Crippen molar-refractivity contribution in [3.63, 3.8) is 0 Å². The van der Waals surface area contributed by atoms with Crippen LogP contribution < -0.4 is 14.8 Å². The van der Waals surface area contributed by atoms with Gasteiger partial charge in [-0.25, -0.2) is 9.78 Å². The Labute approximate surface area is 304 Å². The van der Waals surface area contributed by atoms with Crippen molar-refractivity contribution in [2.24, 2.45) is 0 Å². The Morgan fingerprint density at radius 3 is 1.75 bits per heavy atom. The number of hydrogen-bond acceptors (Lipinski definition) is 7. The van der Waals surface area contributed by atoms with Crippen molar-refractivity contribution >= 4 is 17.8 Å². The number of urea groups is 1. The van der Waals surface area contributed by atoms with Crippen LogP contribution in [0.1, 0.15) is 38.2 Å². The van der Waals surface area contributed by atoms with E-state index in [2.05, 4.69) is 10.3 Å². The molecule has 0 saturated carbocycles. The first-order valence-electron chi connectivity index (χ1n) is 17.3. The molecule has 4 aromatic carbocycles. The van der Waals surface area contributed by atoms with Gasteiger partial charge in [0.25, 0.3) is 5.91 Å². The van der Waals surface area contributed by atoms with Crippen LogP contribution in [0.5, 0.6) is 11.5 Å². The summed E-state index contributed by atoms with van der Waals surface area (Å²) < 4.78 is 11.1. The molecule has 10 nitrogen and oxygen atoms in total. The zero-order chi connectivity index (χ0) is 36.6. The van der Waals surface area contributed by atoms with E-state index in [1.165, 1.54) is 0 Å². The van der Waals surface area contributed by atoms with Crippen molar-refractivity contribution in [3.05, 3.63) is 155 Å². The molecule has 4 atom stereocenters. The van der Waals surface area contributed by atoms with Crippen LogP contribution >= 0.6 is 0 Å². The lowest BCUT2D eigenvalue weighted by molar-refractivity contribution is -0.0408. The highest BCUT2D eigenvalue weighted by molar-refractivity contribution is 6.03. The normalized spacial score (nSPS) is 18.8. The molecular formula is C42H44N4O6. The van der Waals surface area contributed by atoms with Gasteiger partial charge in [0, 0.05) is 30.9 Å². The largest absolute Gasteiger partial charge is 0.497 e. The molecule has 1 saturated heterocycles. The summed E-state index contributed by atoms with van der Waals surface area (Å²) in [5.41, 5.74) is 4.60. The van der Waals surface area contributed by atoms with E-state index in [0.717, 1.165) is 22.3 Å². The Morgan fingerprint density at radius 2 is 1.23 bits per heavy atom. The second-order valence-electron chi connectivity index (χ2n) is 13.1. The van der Waals surface area contributed by atoms with Crippen LogP contribution in [-0.2, 0) is 25.9 Å². The number of aryl methyl sites for hydroxylation is 1. The van der Waals surface area contributed by atoms with Gasteiger partial charge < -0.3 is 34.8 Å². The Morgan fingerprint density at radius 1 is 0.692 bits per heavy atom. The number of amides is 3. The number of rotatable bonds is 12. The summed E-state index contributed by atoms with van der Waals surface area (Å²) in [5.74, 6) is 1.21. The quantitative estimate of drug-likeness (QED) is 0.145. The van der Waals surface area contributed by atoms with Gasteiger partial charge in [0.2, 0.25) is 0 Å². The number of benzene rings is 4. The fourth-order valence-corrected chi connectivity index (χ4v) is 6.71. The zero-order valence-electron chi connectivity index (χ0n) is 29.6. The molecule has 3 amide bonds. The number of hydrogen-bond donors (Lipinski definition) is 3. The molecule has 0 aliphatic carbocycles. The molecule has 0 spiro atoms. The summed E-state index contributed by atoms with van der Waals surface area (Å²) in [6, 6.07) is 33.4. The van der Waals surface area contributed by atoms with Crippen LogP contribution in [0, 0.1) is 6.92 Å². The number of carbonyl (C=O) groups excluding carboxylic acids is 2. The van der Waals surface area contributed by atoms with Gasteiger partial charge in [-0.05, 0) is 77.9 Å². The number of nitrogens with one attached hydrogen (secondary N) is 1. The molecule has 0 radical (unpaired) electrons. The predicted molar refractivity (Wildman–Crippen MR) is 199 cm³/mol. The van der Waals surface area contributed by atoms with Gasteiger partial charge in [0.1, 0.15) is 29.5 Å². The van der Waals surface area contributed by atoms with Crippen LogP contribution in [0.25, 0.3) is 0 Å². The van der Waals surface area contributed by atoms with Crippen molar-refractivity contribution in [3.8, 4) is 11.5 Å². The number of aliphatic hydroxyl groups is 2. The molecule has 6 rings (SSSR count). The van der Waals surface area contributed by atoms with Gasteiger partial charge in [-0.2, -0.15) is 0 Å². The Balaban J connectivity index is 1.40. The maximum absolute atomic E-state index is 15.1. The Kier molecular flexibility index (Phi) is 11.5. The number of aliphatic hydroxyl groups excluding tert-OH is 2. The van der Waals surface area contributed by atoms with Crippen molar-refractivity contribution in [2.45, 2.75) is 57.1 Å². The Hall–Kier alpha value is -5.71. The molecule has 52 heavy (non-hydrogen) atoms. The third-order valence-corrected chi connectivity index (χ3v) is 9.46. The number of anilines is 1. The maximum Gasteiger partial charge on any atom is 0.321 e. The molecule has 1 aliphatic heterocycles. The lowest BCUT2D eigenvalue weighted by Crippen LogP contribution is -2.50. The highest BCUT2D eigenvalue weighted by atomic mass is 16.5. The summed E-state index contributed by atoms with van der Waals surface area (Å²) in [6.07, 6.45) is -0.317. The van der Waals surface area contributed by atoms with E-state index in [4.69, 9.17) is 9.47 Å². The van der Waals surface area contributed by atoms with Crippen LogP contribution in [0.15, 0.2) is 121 Å². The average molecular weight is 701 g/mol. The molecule has 2 heterocycles. The van der Waals surface area contributed by atoms with E-state index in [1.54, 1.807) is 60.5 Å². The molecule has 1 aliphatic rings. The molecular weight excluding hydrogens is 656 g/mol. The SMILES string of the molecule is COc1cc(CN2C(=O)N(Cc3cccc(C(=O)Nc4ccc(C)cn4)c3)[C@H](Cc3ccccc3)[C@H](O)[C@@H](O)[C@H]2Cc2ccccc2)cc(OC)c1. The van der Waals surface area contributed by atoms with E-state index < -0.39 is 24.3 Å². The fourth-order valence-electron chi connectivity index (χ4n) is 6.71. The lowest BCUT2D eigenvalue weighted by atomic mass is 9.91. The van der Waals surface area contributed by atoms with Crippen molar-refractivity contribution in [2.75, 3.05) is 19.5 Å². The summed E-state index contributed by atoms with van der Waals surface area (Å²) >= 11 is 0. The monoisotopic (exact) mass is 700 g/mol. The minimum absolute atomic E-state index is 0.0694.